The third-order valence-electron chi connectivity index (χ3n) is 3.78. The van der Waals surface area contributed by atoms with Gasteiger partial charge in [-0.25, -0.2) is 0 Å². The number of nitrogens with zero attached hydrogens (tertiary/aromatic N) is 1. The molecule has 2 N–H and O–H groups in total. The summed E-state index contributed by atoms with van der Waals surface area (Å²) in [6.07, 6.45) is 0. The highest BCUT2D eigenvalue weighted by Crippen LogP contribution is 2.25. The van der Waals surface area contributed by atoms with Crippen LogP contribution in [0, 0.1) is 30.9 Å². The van der Waals surface area contributed by atoms with Crippen molar-refractivity contribution < 1.29 is 14.8 Å². The quantitative estimate of drug-likeness (QED) is 0.669. The maximum absolute atomic E-state index is 12.5. The van der Waals surface area contributed by atoms with Crippen LogP contribution in [0.4, 0.5) is 11.4 Å². The molecule has 0 radical (unpaired) electrons. The zero-order valence-corrected chi connectivity index (χ0v) is 13.2. The Morgan fingerprint density at radius 2 is 1.87 bits per heavy atom. The Hall–Kier alpha value is -2.73. The van der Waals surface area contributed by atoms with E-state index in [1.807, 2.05) is 19.9 Å². The molecule has 0 aliphatic heterocycles. The van der Waals surface area contributed by atoms with Gasteiger partial charge in [0.15, 0.2) is 0 Å². The molecular weight excluding hydrogens is 296 g/mol. The zero-order chi connectivity index (χ0) is 17.1. The molecule has 2 aromatic rings. The van der Waals surface area contributed by atoms with Gasteiger partial charge in [0, 0.05) is 11.8 Å². The van der Waals surface area contributed by atoms with Crippen molar-refractivity contribution in [2.45, 2.75) is 27.4 Å². The van der Waals surface area contributed by atoms with Gasteiger partial charge in [0.25, 0.3) is 11.6 Å². The third kappa shape index (κ3) is 3.37. The lowest BCUT2D eigenvalue weighted by Crippen LogP contribution is -2.16. The molecule has 0 saturated heterocycles. The van der Waals surface area contributed by atoms with Crippen LogP contribution >= 0.6 is 0 Å². The molecule has 2 rings (SSSR count). The topological polar surface area (TPSA) is 92.5 Å². The normalized spacial score (nSPS) is 10.4. The molecule has 0 aromatic heterocycles. The lowest BCUT2D eigenvalue weighted by Gasteiger charge is -2.13. The number of hydrogen-bond acceptors (Lipinski definition) is 4. The number of aliphatic hydroxyl groups excluding tert-OH is 1. The number of carbonyl (C=O) groups is 1. The molecule has 120 valence electrons. The molecule has 2 aromatic carbocycles. The van der Waals surface area contributed by atoms with Crippen LogP contribution in [-0.2, 0) is 6.61 Å². The molecular formula is C17H18N2O4. The first-order chi connectivity index (χ1) is 10.8. The standard InChI is InChI=1S/C17H18N2O4/c1-10-5-4-6-15(19(22)23)16(10)17(21)18-14-8-13(9-20)11(2)7-12(14)3/h4-8,20H,9H2,1-3H3,(H,18,21). The van der Waals surface area contributed by atoms with Crippen LogP contribution in [0.3, 0.4) is 0 Å². The fourth-order valence-corrected chi connectivity index (χ4v) is 2.49. The number of benzene rings is 2. The van der Waals surface area contributed by atoms with E-state index in [2.05, 4.69) is 5.32 Å². The summed E-state index contributed by atoms with van der Waals surface area (Å²) in [5, 5.41) is 23.2. The Morgan fingerprint density at radius 3 is 2.48 bits per heavy atom. The minimum Gasteiger partial charge on any atom is -0.392 e. The van der Waals surface area contributed by atoms with E-state index < -0.39 is 10.8 Å². The minimum atomic E-state index is -0.566. The SMILES string of the molecule is Cc1cc(C)c(NC(=O)c2c(C)cccc2[N+](=O)[O-])cc1CO. The number of amides is 1. The van der Waals surface area contributed by atoms with E-state index in [0.29, 0.717) is 16.8 Å². The van der Waals surface area contributed by atoms with Crippen molar-refractivity contribution in [2.75, 3.05) is 5.32 Å². The maximum Gasteiger partial charge on any atom is 0.282 e. The number of nitro benzene ring substituents is 1. The van der Waals surface area contributed by atoms with Crippen LogP contribution < -0.4 is 5.32 Å². The van der Waals surface area contributed by atoms with Crippen molar-refractivity contribution in [3.8, 4) is 0 Å². The Morgan fingerprint density at radius 1 is 1.17 bits per heavy atom. The molecule has 1 amide bonds. The van der Waals surface area contributed by atoms with Gasteiger partial charge in [-0.2, -0.15) is 0 Å². The van der Waals surface area contributed by atoms with Gasteiger partial charge in [-0.1, -0.05) is 18.2 Å². The van der Waals surface area contributed by atoms with Crippen molar-refractivity contribution in [3.05, 3.63) is 68.3 Å². The molecule has 0 atom stereocenters. The second-order valence-electron chi connectivity index (χ2n) is 5.43. The van der Waals surface area contributed by atoms with Crippen molar-refractivity contribution in [3.63, 3.8) is 0 Å². The van der Waals surface area contributed by atoms with Gasteiger partial charge in [0.1, 0.15) is 5.56 Å². The van der Waals surface area contributed by atoms with Crippen molar-refractivity contribution in [2.24, 2.45) is 0 Å². The van der Waals surface area contributed by atoms with Crippen LogP contribution in [0.5, 0.6) is 0 Å². The number of aliphatic hydroxyl groups is 1. The number of carbonyl (C=O) groups excluding carboxylic acids is 1. The van der Waals surface area contributed by atoms with Crippen LogP contribution in [-0.4, -0.2) is 15.9 Å². The molecule has 0 spiro atoms. The van der Waals surface area contributed by atoms with E-state index in [9.17, 15) is 20.0 Å². The molecule has 6 heteroatoms. The zero-order valence-electron chi connectivity index (χ0n) is 13.2. The molecule has 0 heterocycles. The fourth-order valence-electron chi connectivity index (χ4n) is 2.49. The number of nitro groups is 1. The molecule has 0 bridgehead atoms. The smallest absolute Gasteiger partial charge is 0.282 e. The molecule has 0 unspecified atom stereocenters. The summed E-state index contributed by atoms with van der Waals surface area (Å²) in [6, 6.07) is 8.05. The third-order valence-corrected chi connectivity index (χ3v) is 3.78. The number of anilines is 1. The highest BCUT2D eigenvalue weighted by Gasteiger charge is 2.22. The lowest BCUT2D eigenvalue weighted by atomic mass is 10.0. The summed E-state index contributed by atoms with van der Waals surface area (Å²) in [5.74, 6) is -0.536. The Balaban J connectivity index is 2.43. The minimum absolute atomic E-state index is 0.0445. The maximum atomic E-state index is 12.5. The van der Waals surface area contributed by atoms with E-state index in [-0.39, 0.29) is 17.9 Å². The highest BCUT2D eigenvalue weighted by molar-refractivity contribution is 6.08. The van der Waals surface area contributed by atoms with Crippen LogP contribution in [0.1, 0.15) is 32.6 Å². The molecule has 0 fully saturated rings. The highest BCUT2D eigenvalue weighted by atomic mass is 16.6. The van der Waals surface area contributed by atoms with Gasteiger partial charge >= 0.3 is 0 Å². The summed E-state index contributed by atoms with van der Waals surface area (Å²) < 4.78 is 0. The predicted octanol–water partition coefficient (Wildman–Crippen LogP) is 3.26. The predicted molar refractivity (Wildman–Crippen MR) is 87.6 cm³/mol. The van der Waals surface area contributed by atoms with Crippen molar-refractivity contribution in [1.29, 1.82) is 0 Å². The number of aryl methyl sites for hydroxylation is 3. The second-order valence-corrected chi connectivity index (χ2v) is 5.43. The molecule has 23 heavy (non-hydrogen) atoms. The molecule has 6 nitrogen and oxygen atoms in total. The average molecular weight is 314 g/mol. The fraction of sp³-hybridized carbons (Fsp3) is 0.235. The molecule has 0 aliphatic carbocycles. The van der Waals surface area contributed by atoms with E-state index in [0.717, 1.165) is 11.1 Å². The first kappa shape index (κ1) is 16.6. The van der Waals surface area contributed by atoms with Crippen LogP contribution in [0.2, 0.25) is 0 Å². The summed E-state index contributed by atoms with van der Waals surface area (Å²) in [7, 11) is 0. The van der Waals surface area contributed by atoms with Crippen LogP contribution in [0.15, 0.2) is 30.3 Å². The monoisotopic (exact) mass is 314 g/mol. The van der Waals surface area contributed by atoms with Gasteiger partial charge in [-0.15, -0.1) is 0 Å². The van der Waals surface area contributed by atoms with Gasteiger partial charge in [0.05, 0.1) is 11.5 Å². The molecule has 0 aliphatic rings. The van der Waals surface area contributed by atoms with Gasteiger partial charge in [-0.05, 0) is 49.1 Å². The van der Waals surface area contributed by atoms with Crippen LogP contribution in [0.25, 0.3) is 0 Å². The number of rotatable bonds is 4. The molecule has 0 saturated carbocycles. The largest absolute Gasteiger partial charge is 0.392 e. The first-order valence-corrected chi connectivity index (χ1v) is 7.11. The van der Waals surface area contributed by atoms with E-state index in [1.54, 1.807) is 25.1 Å². The number of nitrogens with one attached hydrogen (secondary N) is 1. The van der Waals surface area contributed by atoms with Gasteiger partial charge in [-0.3, -0.25) is 14.9 Å². The summed E-state index contributed by atoms with van der Waals surface area (Å²) in [5.41, 5.74) is 3.32. The number of hydrogen-bond donors (Lipinski definition) is 2. The van der Waals surface area contributed by atoms with E-state index in [4.69, 9.17) is 0 Å². The van der Waals surface area contributed by atoms with Gasteiger partial charge < -0.3 is 10.4 Å². The van der Waals surface area contributed by atoms with E-state index >= 15 is 0 Å². The van der Waals surface area contributed by atoms with E-state index in [1.165, 1.54) is 6.07 Å². The first-order valence-electron chi connectivity index (χ1n) is 7.11. The summed E-state index contributed by atoms with van der Waals surface area (Å²) >= 11 is 0. The average Bonchev–Trinajstić information content (AvgIpc) is 2.49. The Bertz CT molecular complexity index is 784. The summed E-state index contributed by atoms with van der Waals surface area (Å²) in [4.78, 5) is 23.1. The van der Waals surface area contributed by atoms with Crippen molar-refractivity contribution in [1.82, 2.24) is 0 Å². The Labute approximate surface area is 133 Å². The van der Waals surface area contributed by atoms with Gasteiger partial charge in [0.2, 0.25) is 0 Å². The summed E-state index contributed by atoms with van der Waals surface area (Å²) in [6.45, 7) is 5.22. The Kier molecular flexibility index (Phi) is 4.76. The second kappa shape index (κ2) is 6.58. The lowest BCUT2D eigenvalue weighted by molar-refractivity contribution is -0.385. The van der Waals surface area contributed by atoms with Crippen molar-refractivity contribution >= 4 is 17.3 Å².